The first-order valence-electron chi connectivity index (χ1n) is 6.40. The molecule has 102 valence electrons. The summed E-state index contributed by atoms with van der Waals surface area (Å²) in [6.07, 6.45) is 1.82. The van der Waals surface area contributed by atoms with Crippen molar-refractivity contribution in [2.45, 2.75) is 19.9 Å². The molecule has 0 aliphatic rings. The Bertz CT molecular complexity index is 834. The summed E-state index contributed by atoms with van der Waals surface area (Å²) in [5.41, 5.74) is 6.00. The van der Waals surface area contributed by atoms with E-state index < -0.39 is 0 Å². The summed E-state index contributed by atoms with van der Waals surface area (Å²) in [5.74, 6) is 0.467. The monoisotopic (exact) mass is 285 g/mol. The SMILES string of the molecule is Cc1cnc(C(C)n2c(N)cc3ccccc3c2=O)s1. The number of pyridine rings is 1. The van der Waals surface area contributed by atoms with Crippen molar-refractivity contribution in [3.8, 4) is 0 Å². The lowest BCUT2D eigenvalue weighted by Crippen LogP contribution is -2.26. The minimum Gasteiger partial charge on any atom is -0.385 e. The second-order valence-corrected chi connectivity index (χ2v) is 6.08. The van der Waals surface area contributed by atoms with E-state index in [9.17, 15) is 4.79 Å². The maximum atomic E-state index is 12.6. The van der Waals surface area contributed by atoms with Gasteiger partial charge < -0.3 is 5.73 Å². The molecule has 3 rings (SSSR count). The second-order valence-electron chi connectivity index (χ2n) is 4.82. The number of nitrogens with zero attached hydrogens (tertiary/aromatic N) is 2. The lowest BCUT2D eigenvalue weighted by molar-refractivity contribution is 0.625. The Kier molecular flexibility index (Phi) is 3.06. The van der Waals surface area contributed by atoms with Crippen LogP contribution in [0.5, 0.6) is 0 Å². The van der Waals surface area contributed by atoms with E-state index in [0.29, 0.717) is 11.2 Å². The van der Waals surface area contributed by atoms with Crippen LogP contribution >= 0.6 is 11.3 Å². The van der Waals surface area contributed by atoms with Crippen LogP contribution in [0.4, 0.5) is 5.82 Å². The van der Waals surface area contributed by atoms with E-state index in [4.69, 9.17) is 5.73 Å². The van der Waals surface area contributed by atoms with E-state index in [-0.39, 0.29) is 11.6 Å². The van der Waals surface area contributed by atoms with Crippen LogP contribution in [0, 0.1) is 6.92 Å². The highest BCUT2D eigenvalue weighted by atomic mass is 32.1. The minimum atomic E-state index is -0.161. The predicted octanol–water partition coefficient (Wildman–Crippen LogP) is 2.96. The average Bonchev–Trinajstić information content (AvgIpc) is 2.85. The molecule has 1 atom stereocenters. The Labute approximate surface area is 120 Å². The van der Waals surface area contributed by atoms with Gasteiger partial charge in [-0.05, 0) is 31.4 Å². The summed E-state index contributed by atoms with van der Waals surface area (Å²) >= 11 is 1.59. The third-order valence-electron chi connectivity index (χ3n) is 3.38. The number of nitrogens with two attached hydrogens (primary N) is 1. The van der Waals surface area contributed by atoms with Gasteiger partial charge in [-0.15, -0.1) is 11.3 Å². The Morgan fingerprint density at radius 1 is 1.35 bits per heavy atom. The Hall–Kier alpha value is -2.14. The molecule has 5 heteroatoms. The summed E-state index contributed by atoms with van der Waals surface area (Å²) in [6.45, 7) is 3.95. The van der Waals surface area contributed by atoms with Crippen LogP contribution in [0.1, 0.15) is 22.9 Å². The zero-order valence-corrected chi connectivity index (χ0v) is 12.1. The van der Waals surface area contributed by atoms with Crippen molar-refractivity contribution in [2.75, 3.05) is 5.73 Å². The summed E-state index contributed by atoms with van der Waals surface area (Å²) < 4.78 is 1.61. The molecular formula is C15H15N3OS. The standard InChI is InChI=1S/C15H15N3OS/c1-9-8-17-14(20-9)10(2)18-13(16)7-11-5-3-4-6-12(11)15(18)19/h3-8,10H,16H2,1-2H3. The fourth-order valence-corrected chi connectivity index (χ4v) is 3.19. The number of hydrogen-bond acceptors (Lipinski definition) is 4. The molecular weight excluding hydrogens is 270 g/mol. The molecule has 20 heavy (non-hydrogen) atoms. The number of rotatable bonds is 2. The van der Waals surface area contributed by atoms with Crippen LogP contribution in [0.15, 0.2) is 41.3 Å². The van der Waals surface area contributed by atoms with Crippen molar-refractivity contribution >= 4 is 27.9 Å². The van der Waals surface area contributed by atoms with Gasteiger partial charge in [0, 0.05) is 16.5 Å². The third-order valence-corrected chi connectivity index (χ3v) is 4.46. The smallest absolute Gasteiger partial charge is 0.260 e. The van der Waals surface area contributed by atoms with E-state index in [1.54, 1.807) is 15.9 Å². The van der Waals surface area contributed by atoms with Crippen molar-refractivity contribution in [1.29, 1.82) is 0 Å². The maximum absolute atomic E-state index is 12.6. The molecule has 4 nitrogen and oxygen atoms in total. The van der Waals surface area contributed by atoms with Crippen LogP contribution in [-0.2, 0) is 0 Å². The fourth-order valence-electron chi connectivity index (χ4n) is 2.37. The molecule has 0 amide bonds. The van der Waals surface area contributed by atoms with E-state index in [1.807, 2.05) is 50.4 Å². The van der Waals surface area contributed by atoms with Crippen molar-refractivity contribution in [1.82, 2.24) is 9.55 Å². The average molecular weight is 285 g/mol. The molecule has 1 aromatic carbocycles. The van der Waals surface area contributed by atoms with Gasteiger partial charge in [0.1, 0.15) is 10.8 Å². The topological polar surface area (TPSA) is 60.9 Å². The van der Waals surface area contributed by atoms with Gasteiger partial charge in [-0.1, -0.05) is 18.2 Å². The molecule has 2 aromatic heterocycles. The number of aromatic nitrogens is 2. The van der Waals surface area contributed by atoms with Gasteiger partial charge in [0.2, 0.25) is 0 Å². The molecule has 1 unspecified atom stereocenters. The zero-order valence-electron chi connectivity index (χ0n) is 11.3. The number of anilines is 1. The highest BCUT2D eigenvalue weighted by Crippen LogP contribution is 2.25. The quantitative estimate of drug-likeness (QED) is 0.787. The Morgan fingerprint density at radius 3 is 2.80 bits per heavy atom. The van der Waals surface area contributed by atoms with Gasteiger partial charge in [-0.3, -0.25) is 9.36 Å². The highest BCUT2D eigenvalue weighted by molar-refractivity contribution is 7.11. The van der Waals surface area contributed by atoms with Crippen molar-refractivity contribution in [3.63, 3.8) is 0 Å². The number of hydrogen-bond donors (Lipinski definition) is 1. The number of benzene rings is 1. The number of aryl methyl sites for hydroxylation is 1. The summed E-state index contributed by atoms with van der Waals surface area (Å²) in [6, 6.07) is 9.17. The molecule has 0 aliphatic heterocycles. The van der Waals surface area contributed by atoms with Gasteiger partial charge in [0.15, 0.2) is 0 Å². The van der Waals surface area contributed by atoms with E-state index in [2.05, 4.69) is 4.98 Å². The second kappa shape index (κ2) is 4.76. The number of nitrogen functional groups attached to an aromatic ring is 1. The number of fused-ring (bicyclic) bond motifs is 1. The maximum Gasteiger partial charge on any atom is 0.260 e. The molecule has 2 heterocycles. The molecule has 0 bridgehead atoms. The molecule has 2 N–H and O–H groups in total. The molecule has 0 saturated carbocycles. The first kappa shape index (κ1) is 12.9. The van der Waals surface area contributed by atoms with Gasteiger partial charge in [-0.25, -0.2) is 4.98 Å². The van der Waals surface area contributed by atoms with E-state index >= 15 is 0 Å². The van der Waals surface area contributed by atoms with Gasteiger partial charge >= 0.3 is 0 Å². The van der Waals surface area contributed by atoms with E-state index in [1.165, 1.54) is 0 Å². The normalized spacial score (nSPS) is 12.7. The van der Waals surface area contributed by atoms with Crippen molar-refractivity contribution in [3.05, 3.63) is 56.8 Å². The lowest BCUT2D eigenvalue weighted by atomic mass is 10.1. The molecule has 3 aromatic rings. The van der Waals surface area contributed by atoms with Crippen LogP contribution in [0.25, 0.3) is 10.8 Å². The molecule has 0 fully saturated rings. The molecule has 0 radical (unpaired) electrons. The lowest BCUT2D eigenvalue weighted by Gasteiger charge is -2.16. The summed E-state index contributed by atoms with van der Waals surface area (Å²) in [7, 11) is 0. The van der Waals surface area contributed by atoms with Crippen molar-refractivity contribution in [2.24, 2.45) is 0 Å². The Morgan fingerprint density at radius 2 is 2.10 bits per heavy atom. The van der Waals surface area contributed by atoms with Crippen molar-refractivity contribution < 1.29 is 0 Å². The Balaban J connectivity index is 2.23. The van der Waals surface area contributed by atoms with Crippen LogP contribution in [0.2, 0.25) is 0 Å². The van der Waals surface area contributed by atoms with Crippen LogP contribution in [-0.4, -0.2) is 9.55 Å². The minimum absolute atomic E-state index is 0.0686. The molecule has 0 aliphatic carbocycles. The predicted molar refractivity (Wildman–Crippen MR) is 83.3 cm³/mol. The number of thiazole rings is 1. The van der Waals surface area contributed by atoms with E-state index in [0.717, 1.165) is 15.3 Å². The summed E-state index contributed by atoms with van der Waals surface area (Å²) in [5, 5.41) is 2.45. The first-order chi connectivity index (χ1) is 9.58. The highest BCUT2D eigenvalue weighted by Gasteiger charge is 2.17. The first-order valence-corrected chi connectivity index (χ1v) is 7.21. The van der Waals surface area contributed by atoms with Crippen LogP contribution in [0.3, 0.4) is 0 Å². The zero-order chi connectivity index (χ0) is 14.3. The molecule has 0 saturated heterocycles. The van der Waals surface area contributed by atoms with Crippen LogP contribution < -0.4 is 11.3 Å². The third kappa shape index (κ3) is 2.00. The largest absolute Gasteiger partial charge is 0.385 e. The van der Waals surface area contributed by atoms with Gasteiger partial charge in [0.05, 0.1) is 6.04 Å². The molecule has 0 spiro atoms. The fraction of sp³-hybridized carbons (Fsp3) is 0.200. The van der Waals surface area contributed by atoms with Gasteiger partial charge in [0.25, 0.3) is 5.56 Å². The summed E-state index contributed by atoms with van der Waals surface area (Å²) in [4.78, 5) is 18.1. The van der Waals surface area contributed by atoms with Gasteiger partial charge in [-0.2, -0.15) is 0 Å².